The van der Waals surface area contributed by atoms with E-state index in [4.69, 9.17) is 11.6 Å². The number of pyridine rings is 1. The highest BCUT2D eigenvalue weighted by Crippen LogP contribution is 2.20. The summed E-state index contributed by atoms with van der Waals surface area (Å²) in [5.74, 6) is 0.831. The Kier molecular flexibility index (Phi) is 5.09. The monoisotopic (exact) mass is 310 g/mol. The van der Waals surface area contributed by atoms with Crippen molar-refractivity contribution in [2.45, 2.75) is 6.92 Å². The number of para-hydroxylation sites is 1. The Hall–Kier alpha value is -1.46. The predicted octanol–water partition coefficient (Wildman–Crippen LogP) is 2.39. The summed E-state index contributed by atoms with van der Waals surface area (Å²) >= 11 is 5.94. The predicted molar refractivity (Wildman–Crippen MR) is 82.6 cm³/mol. The van der Waals surface area contributed by atoms with E-state index < -0.39 is 10.8 Å². The molecule has 20 heavy (non-hydrogen) atoms. The first-order valence-corrected chi connectivity index (χ1v) is 8.17. The molecule has 0 aliphatic heterocycles. The molecule has 0 bridgehead atoms. The molecule has 0 aliphatic carbocycles. The van der Waals surface area contributed by atoms with E-state index in [-0.39, 0.29) is 11.1 Å². The van der Waals surface area contributed by atoms with E-state index in [0.717, 1.165) is 5.39 Å². The number of carbonyl (C=O) groups is 1. The third-order valence-electron chi connectivity index (χ3n) is 2.87. The molecule has 0 aliphatic rings. The van der Waals surface area contributed by atoms with Gasteiger partial charge < -0.3 is 5.32 Å². The maximum Gasteiger partial charge on any atom is 0.252 e. The highest BCUT2D eigenvalue weighted by molar-refractivity contribution is 7.84. The second kappa shape index (κ2) is 6.81. The number of aromatic nitrogens is 1. The summed E-state index contributed by atoms with van der Waals surface area (Å²) in [6.07, 6.45) is 0. The van der Waals surface area contributed by atoms with Crippen LogP contribution in [0.25, 0.3) is 10.9 Å². The number of rotatable bonds is 5. The van der Waals surface area contributed by atoms with Gasteiger partial charge in [0.2, 0.25) is 0 Å². The average Bonchev–Trinajstić information content (AvgIpc) is 2.45. The molecule has 0 fully saturated rings. The Labute approximate surface area is 125 Å². The smallest absolute Gasteiger partial charge is 0.252 e. The lowest BCUT2D eigenvalue weighted by Gasteiger charge is -2.08. The van der Waals surface area contributed by atoms with Gasteiger partial charge in [0.15, 0.2) is 0 Å². The van der Waals surface area contributed by atoms with Gasteiger partial charge in [0.25, 0.3) is 5.91 Å². The van der Waals surface area contributed by atoms with Gasteiger partial charge in [0, 0.05) is 34.2 Å². The lowest BCUT2D eigenvalue weighted by atomic mass is 10.1. The molecular formula is C14H15ClN2O2S. The Morgan fingerprint density at radius 2 is 2.15 bits per heavy atom. The van der Waals surface area contributed by atoms with Crippen LogP contribution >= 0.6 is 11.6 Å². The Bertz CT molecular complexity index is 661. The van der Waals surface area contributed by atoms with Crippen LogP contribution in [0.3, 0.4) is 0 Å². The Balaban J connectivity index is 2.19. The molecule has 1 heterocycles. The quantitative estimate of drug-likeness (QED) is 0.863. The molecule has 2 aromatic rings. The number of nitrogens with one attached hydrogen (secondary N) is 1. The van der Waals surface area contributed by atoms with Crippen LogP contribution in [0.4, 0.5) is 0 Å². The summed E-state index contributed by atoms with van der Waals surface area (Å²) < 4.78 is 11.3. The Morgan fingerprint density at radius 1 is 1.40 bits per heavy atom. The number of fused-ring (bicyclic) bond motifs is 1. The molecule has 1 amide bonds. The highest BCUT2D eigenvalue weighted by Gasteiger charge is 2.12. The normalized spacial score (nSPS) is 12.3. The molecule has 1 unspecified atom stereocenters. The third-order valence-corrected chi connectivity index (χ3v) is 4.36. The fraction of sp³-hybridized carbons (Fsp3) is 0.286. The van der Waals surface area contributed by atoms with E-state index in [0.29, 0.717) is 29.1 Å². The Morgan fingerprint density at radius 3 is 2.90 bits per heavy atom. The van der Waals surface area contributed by atoms with Crippen molar-refractivity contribution in [3.05, 3.63) is 41.0 Å². The number of carbonyl (C=O) groups excluding carboxylic acids is 1. The molecule has 2 rings (SSSR count). The summed E-state index contributed by atoms with van der Waals surface area (Å²) in [4.78, 5) is 16.4. The second-order valence-electron chi connectivity index (χ2n) is 4.20. The molecule has 1 aromatic heterocycles. The SMILES string of the molecule is CCS(=O)CCNC(=O)c1cc(Cl)nc2ccccc12. The van der Waals surface area contributed by atoms with Crippen molar-refractivity contribution in [1.82, 2.24) is 10.3 Å². The van der Waals surface area contributed by atoms with Crippen molar-refractivity contribution in [3.63, 3.8) is 0 Å². The largest absolute Gasteiger partial charge is 0.351 e. The number of benzene rings is 1. The van der Waals surface area contributed by atoms with Gasteiger partial charge in [-0.15, -0.1) is 0 Å². The van der Waals surface area contributed by atoms with E-state index in [1.54, 1.807) is 6.07 Å². The fourth-order valence-corrected chi connectivity index (χ4v) is 2.67. The van der Waals surface area contributed by atoms with Gasteiger partial charge in [-0.25, -0.2) is 4.98 Å². The van der Waals surface area contributed by atoms with Crippen LogP contribution in [0, 0.1) is 0 Å². The van der Waals surface area contributed by atoms with Crippen molar-refractivity contribution >= 4 is 39.2 Å². The molecule has 106 valence electrons. The first-order chi connectivity index (χ1) is 9.61. The van der Waals surface area contributed by atoms with Crippen LogP contribution in [0.15, 0.2) is 30.3 Å². The lowest BCUT2D eigenvalue weighted by molar-refractivity contribution is 0.0957. The van der Waals surface area contributed by atoms with Gasteiger partial charge in [-0.2, -0.15) is 0 Å². The zero-order chi connectivity index (χ0) is 14.5. The molecule has 0 spiro atoms. The minimum atomic E-state index is -0.884. The van der Waals surface area contributed by atoms with Gasteiger partial charge >= 0.3 is 0 Å². The molecule has 1 atom stereocenters. The molecule has 4 nitrogen and oxygen atoms in total. The van der Waals surface area contributed by atoms with Crippen molar-refractivity contribution in [2.75, 3.05) is 18.1 Å². The van der Waals surface area contributed by atoms with Crippen LogP contribution in [-0.2, 0) is 10.8 Å². The van der Waals surface area contributed by atoms with Crippen LogP contribution < -0.4 is 5.32 Å². The summed E-state index contributed by atoms with van der Waals surface area (Å²) in [6, 6.07) is 8.89. The van der Waals surface area contributed by atoms with Crippen molar-refractivity contribution < 1.29 is 9.00 Å². The molecule has 1 N–H and O–H groups in total. The van der Waals surface area contributed by atoms with E-state index in [1.807, 2.05) is 31.2 Å². The van der Waals surface area contributed by atoms with Crippen LogP contribution in [0.5, 0.6) is 0 Å². The van der Waals surface area contributed by atoms with Gasteiger partial charge in [-0.3, -0.25) is 9.00 Å². The fourth-order valence-electron chi connectivity index (χ4n) is 1.85. The lowest BCUT2D eigenvalue weighted by Crippen LogP contribution is -2.28. The maximum atomic E-state index is 12.2. The minimum Gasteiger partial charge on any atom is -0.351 e. The van der Waals surface area contributed by atoms with Gasteiger partial charge in [0.05, 0.1) is 11.1 Å². The number of amides is 1. The standard InChI is InChI=1S/C14H15ClN2O2S/c1-2-20(19)8-7-16-14(18)11-9-13(15)17-12-6-4-3-5-10(11)12/h3-6,9H,2,7-8H2,1H3,(H,16,18). The van der Waals surface area contributed by atoms with Crippen LogP contribution in [-0.4, -0.2) is 33.2 Å². The van der Waals surface area contributed by atoms with Gasteiger partial charge in [-0.1, -0.05) is 36.7 Å². The topological polar surface area (TPSA) is 59.1 Å². The summed E-state index contributed by atoms with van der Waals surface area (Å²) in [7, 11) is -0.884. The van der Waals surface area contributed by atoms with Crippen molar-refractivity contribution in [2.24, 2.45) is 0 Å². The number of halogens is 1. The van der Waals surface area contributed by atoms with E-state index in [1.165, 1.54) is 0 Å². The highest BCUT2D eigenvalue weighted by atomic mass is 35.5. The average molecular weight is 311 g/mol. The minimum absolute atomic E-state index is 0.224. The molecule has 0 radical (unpaired) electrons. The molecular weight excluding hydrogens is 296 g/mol. The van der Waals surface area contributed by atoms with Crippen molar-refractivity contribution in [1.29, 1.82) is 0 Å². The third kappa shape index (κ3) is 3.55. The van der Waals surface area contributed by atoms with Crippen LogP contribution in [0.1, 0.15) is 17.3 Å². The first-order valence-electron chi connectivity index (χ1n) is 6.30. The molecule has 1 aromatic carbocycles. The van der Waals surface area contributed by atoms with Crippen molar-refractivity contribution in [3.8, 4) is 0 Å². The summed E-state index contributed by atoms with van der Waals surface area (Å²) in [5, 5.41) is 3.80. The van der Waals surface area contributed by atoms with E-state index in [2.05, 4.69) is 10.3 Å². The van der Waals surface area contributed by atoms with E-state index in [9.17, 15) is 9.00 Å². The number of nitrogens with zero attached hydrogens (tertiary/aromatic N) is 1. The molecule has 0 saturated heterocycles. The first kappa shape index (κ1) is 14.9. The molecule has 0 saturated carbocycles. The second-order valence-corrected chi connectivity index (χ2v) is 6.45. The zero-order valence-corrected chi connectivity index (χ0v) is 12.6. The summed E-state index contributed by atoms with van der Waals surface area (Å²) in [5.41, 5.74) is 1.17. The van der Waals surface area contributed by atoms with Gasteiger partial charge in [-0.05, 0) is 12.1 Å². The maximum absolute atomic E-state index is 12.2. The molecule has 6 heteroatoms. The number of hydrogen-bond donors (Lipinski definition) is 1. The van der Waals surface area contributed by atoms with E-state index >= 15 is 0 Å². The van der Waals surface area contributed by atoms with Crippen LogP contribution in [0.2, 0.25) is 5.15 Å². The zero-order valence-electron chi connectivity index (χ0n) is 11.1. The number of hydrogen-bond acceptors (Lipinski definition) is 3. The van der Waals surface area contributed by atoms with Gasteiger partial charge in [0.1, 0.15) is 5.15 Å². The summed E-state index contributed by atoms with van der Waals surface area (Å²) in [6.45, 7) is 2.24.